The highest BCUT2D eigenvalue weighted by molar-refractivity contribution is 6.05. The molecular weight excluding hydrogens is 538 g/mol. The van der Waals surface area contributed by atoms with Crippen molar-refractivity contribution in [1.29, 1.82) is 0 Å². The van der Waals surface area contributed by atoms with Crippen molar-refractivity contribution in [1.82, 2.24) is 5.32 Å². The van der Waals surface area contributed by atoms with Gasteiger partial charge in [0.15, 0.2) is 11.5 Å². The Kier molecular flexibility index (Phi) is 9.01. The predicted octanol–water partition coefficient (Wildman–Crippen LogP) is 4.33. The average Bonchev–Trinajstić information content (AvgIpc) is 3.41. The zero-order valence-electron chi connectivity index (χ0n) is 23.0. The molecule has 1 aliphatic heterocycles. The van der Waals surface area contributed by atoms with Crippen LogP contribution in [-0.4, -0.2) is 48.1 Å². The van der Waals surface area contributed by atoms with Gasteiger partial charge in [-0.3, -0.25) is 0 Å². The van der Waals surface area contributed by atoms with Gasteiger partial charge in [-0.15, -0.1) is 0 Å². The van der Waals surface area contributed by atoms with Crippen molar-refractivity contribution < 1.29 is 38.4 Å². The van der Waals surface area contributed by atoms with Gasteiger partial charge in [0, 0.05) is 12.6 Å². The minimum Gasteiger partial charge on any atom is -0.491 e. The molecule has 5 rings (SSSR count). The number of aliphatic hydroxyl groups is 1. The highest BCUT2D eigenvalue weighted by Gasteiger charge is 2.60. The Morgan fingerprint density at radius 3 is 1.86 bits per heavy atom. The van der Waals surface area contributed by atoms with Gasteiger partial charge in [-0.05, 0) is 67.4 Å². The van der Waals surface area contributed by atoms with Crippen LogP contribution in [0.25, 0.3) is 0 Å². The first-order chi connectivity index (χ1) is 20.4. The summed E-state index contributed by atoms with van der Waals surface area (Å²) in [5.74, 6) is -3.12. The van der Waals surface area contributed by atoms with E-state index in [9.17, 15) is 14.7 Å². The molecule has 2 atom stereocenters. The number of hydrogen-bond donors (Lipinski definition) is 2. The number of hydrogen-bond acceptors (Lipinski definition) is 9. The molecule has 0 spiro atoms. The standard InChI is InChI=1S/C33H31NO8/c1-23(34-21-25(35)22-38-26-11-5-2-6-12-26)19-24-17-18-29-30(20-24)42-33(41-29,31(36)39-27-13-7-3-8-14-27)32(37)40-28-15-9-4-10-16-28/h2-18,20,23,25,34-35H,19,21-22H2,1H3. The fraction of sp³-hybridized carbons (Fsp3) is 0.212. The van der Waals surface area contributed by atoms with Crippen molar-refractivity contribution in [2.24, 2.45) is 0 Å². The van der Waals surface area contributed by atoms with Gasteiger partial charge in [-0.2, -0.15) is 0 Å². The molecule has 0 aromatic heterocycles. The van der Waals surface area contributed by atoms with Crippen LogP contribution in [0.3, 0.4) is 0 Å². The number of carbonyl (C=O) groups excluding carboxylic acids is 2. The first-order valence-corrected chi connectivity index (χ1v) is 13.6. The molecule has 4 aromatic rings. The first-order valence-electron chi connectivity index (χ1n) is 13.6. The van der Waals surface area contributed by atoms with Crippen LogP contribution >= 0.6 is 0 Å². The molecule has 216 valence electrons. The van der Waals surface area contributed by atoms with Gasteiger partial charge < -0.3 is 34.1 Å². The summed E-state index contributed by atoms with van der Waals surface area (Å²) in [6, 6.07) is 31.1. The van der Waals surface area contributed by atoms with Crippen LogP contribution in [0.15, 0.2) is 109 Å². The van der Waals surface area contributed by atoms with Crippen LogP contribution in [0.2, 0.25) is 0 Å². The molecular formula is C33H31NO8. The minimum absolute atomic E-state index is 0.0207. The van der Waals surface area contributed by atoms with E-state index in [1.807, 2.05) is 43.3 Å². The summed E-state index contributed by atoms with van der Waals surface area (Å²) in [6.45, 7) is 2.47. The van der Waals surface area contributed by atoms with Gasteiger partial charge in [0.1, 0.15) is 30.0 Å². The molecule has 0 fully saturated rings. The Balaban J connectivity index is 1.24. The van der Waals surface area contributed by atoms with Gasteiger partial charge in [0.05, 0.1) is 0 Å². The Labute approximate surface area is 243 Å². The molecule has 9 heteroatoms. The number of rotatable bonds is 12. The number of nitrogens with one attached hydrogen (secondary N) is 1. The quantitative estimate of drug-likeness (QED) is 0.146. The maximum atomic E-state index is 13.4. The zero-order valence-corrected chi connectivity index (χ0v) is 23.0. The molecule has 0 bridgehead atoms. The van der Waals surface area contributed by atoms with Crippen molar-refractivity contribution in [2.75, 3.05) is 13.2 Å². The Morgan fingerprint density at radius 1 is 0.762 bits per heavy atom. The fourth-order valence-electron chi connectivity index (χ4n) is 4.28. The second-order valence-corrected chi connectivity index (χ2v) is 9.80. The summed E-state index contributed by atoms with van der Waals surface area (Å²) >= 11 is 0. The maximum Gasteiger partial charge on any atom is 0.454 e. The molecule has 1 aliphatic rings. The van der Waals surface area contributed by atoms with E-state index in [0.717, 1.165) is 5.56 Å². The lowest BCUT2D eigenvalue weighted by molar-refractivity contribution is -0.190. The Bertz CT molecular complexity index is 1430. The molecule has 0 saturated heterocycles. The summed E-state index contributed by atoms with van der Waals surface area (Å²) in [4.78, 5) is 26.8. The monoisotopic (exact) mass is 569 g/mol. The van der Waals surface area contributed by atoms with Gasteiger partial charge in [0.2, 0.25) is 0 Å². The minimum atomic E-state index is -2.50. The van der Waals surface area contributed by atoms with Gasteiger partial charge >= 0.3 is 17.7 Å². The summed E-state index contributed by atoms with van der Waals surface area (Å²) in [5.41, 5.74) is 0.857. The second-order valence-electron chi connectivity index (χ2n) is 9.80. The van der Waals surface area contributed by atoms with Crippen LogP contribution in [0, 0.1) is 0 Å². The highest BCUT2D eigenvalue weighted by atomic mass is 16.8. The van der Waals surface area contributed by atoms with E-state index < -0.39 is 23.8 Å². The van der Waals surface area contributed by atoms with Crippen LogP contribution in [0.1, 0.15) is 12.5 Å². The largest absolute Gasteiger partial charge is 0.491 e. The summed E-state index contributed by atoms with van der Waals surface area (Å²) in [5, 5.41) is 13.6. The number of carbonyl (C=O) groups is 2. The van der Waals surface area contributed by atoms with E-state index in [1.165, 1.54) is 0 Å². The molecule has 0 radical (unpaired) electrons. The molecule has 2 N–H and O–H groups in total. The normalized spacial score (nSPS) is 14.4. The van der Waals surface area contributed by atoms with Gasteiger partial charge in [-0.25, -0.2) is 9.59 Å². The number of benzene rings is 4. The molecule has 0 aliphatic carbocycles. The van der Waals surface area contributed by atoms with Crippen LogP contribution in [0.4, 0.5) is 0 Å². The summed E-state index contributed by atoms with van der Waals surface area (Å²) in [7, 11) is 0. The fourth-order valence-corrected chi connectivity index (χ4v) is 4.28. The van der Waals surface area contributed by atoms with E-state index in [0.29, 0.717) is 18.7 Å². The predicted molar refractivity (Wildman–Crippen MR) is 154 cm³/mol. The molecule has 4 aromatic carbocycles. The zero-order chi connectivity index (χ0) is 29.4. The molecule has 1 heterocycles. The summed E-state index contributed by atoms with van der Waals surface area (Å²) < 4.78 is 28.3. The SMILES string of the molecule is CC(Cc1ccc2c(c1)OC(C(=O)Oc1ccccc1)(C(=O)Oc1ccccc1)O2)NCC(O)COc1ccccc1. The van der Waals surface area contributed by atoms with Gasteiger partial charge in [0.25, 0.3) is 0 Å². The number of esters is 2. The third kappa shape index (κ3) is 7.06. The smallest absolute Gasteiger partial charge is 0.454 e. The maximum absolute atomic E-state index is 13.4. The van der Waals surface area contributed by atoms with Crippen molar-refractivity contribution in [3.05, 3.63) is 115 Å². The molecule has 0 amide bonds. The van der Waals surface area contributed by atoms with E-state index in [4.69, 9.17) is 23.7 Å². The first kappa shape index (κ1) is 28.7. The lowest BCUT2D eigenvalue weighted by atomic mass is 10.1. The molecule has 42 heavy (non-hydrogen) atoms. The van der Waals surface area contributed by atoms with Crippen molar-refractivity contribution in [3.8, 4) is 28.7 Å². The van der Waals surface area contributed by atoms with Crippen LogP contribution in [-0.2, 0) is 16.0 Å². The van der Waals surface area contributed by atoms with Crippen LogP contribution < -0.4 is 29.0 Å². The molecule has 0 saturated carbocycles. The van der Waals surface area contributed by atoms with Crippen LogP contribution in [0.5, 0.6) is 28.7 Å². The highest BCUT2D eigenvalue weighted by Crippen LogP contribution is 2.41. The van der Waals surface area contributed by atoms with E-state index in [1.54, 1.807) is 72.8 Å². The van der Waals surface area contributed by atoms with E-state index >= 15 is 0 Å². The lowest BCUT2D eigenvalue weighted by Gasteiger charge is -2.23. The van der Waals surface area contributed by atoms with Crippen molar-refractivity contribution >= 4 is 11.9 Å². The van der Waals surface area contributed by atoms with E-state index in [-0.39, 0.29) is 35.6 Å². The average molecular weight is 570 g/mol. The number of fused-ring (bicyclic) bond motifs is 1. The lowest BCUT2D eigenvalue weighted by Crippen LogP contribution is -2.58. The third-order valence-corrected chi connectivity index (χ3v) is 6.39. The third-order valence-electron chi connectivity index (χ3n) is 6.39. The second kappa shape index (κ2) is 13.2. The number of ether oxygens (including phenoxy) is 5. The molecule has 9 nitrogen and oxygen atoms in total. The van der Waals surface area contributed by atoms with Gasteiger partial charge in [-0.1, -0.05) is 60.7 Å². The Morgan fingerprint density at radius 2 is 1.29 bits per heavy atom. The number of aliphatic hydroxyl groups excluding tert-OH is 1. The summed E-state index contributed by atoms with van der Waals surface area (Å²) in [6.07, 6.45) is -0.130. The van der Waals surface area contributed by atoms with E-state index in [2.05, 4.69) is 5.32 Å². The van der Waals surface area contributed by atoms with Crippen molar-refractivity contribution in [3.63, 3.8) is 0 Å². The Hall–Kier alpha value is -4.86. The number of para-hydroxylation sites is 3. The molecule has 2 unspecified atom stereocenters. The topological polar surface area (TPSA) is 113 Å². The van der Waals surface area contributed by atoms with Crippen molar-refractivity contribution in [2.45, 2.75) is 31.3 Å².